The molecule has 1 aromatic rings. The van der Waals surface area contributed by atoms with Gasteiger partial charge in [-0.25, -0.2) is 0 Å². The average molecular weight is 346 g/mol. The van der Waals surface area contributed by atoms with Crippen molar-refractivity contribution >= 4 is 17.5 Å². The second-order valence-corrected chi connectivity index (χ2v) is 7.67. The number of nitrogens with zero attached hydrogens (tertiary/aromatic N) is 2. The molecule has 1 aromatic carbocycles. The van der Waals surface area contributed by atoms with E-state index in [1.165, 1.54) is 5.69 Å². The first kappa shape index (κ1) is 19.2. The largest absolute Gasteiger partial charge is 0.369 e. The van der Waals surface area contributed by atoms with Crippen LogP contribution in [0, 0.1) is 0 Å². The van der Waals surface area contributed by atoms with Crippen molar-refractivity contribution in [1.29, 1.82) is 0 Å². The Balaban J connectivity index is 1.76. The lowest BCUT2D eigenvalue weighted by Crippen LogP contribution is -2.48. The zero-order valence-electron chi connectivity index (χ0n) is 15.8. The molecule has 1 heterocycles. The summed E-state index contributed by atoms with van der Waals surface area (Å²) in [6, 6.07) is 8.45. The van der Waals surface area contributed by atoms with Gasteiger partial charge in [-0.1, -0.05) is 12.1 Å². The molecule has 0 saturated carbocycles. The quantitative estimate of drug-likeness (QED) is 0.799. The number of likely N-dealkylation sites (N-methyl/N-ethyl adjacent to an activating group) is 1. The highest BCUT2D eigenvalue weighted by Gasteiger charge is 2.19. The topological polar surface area (TPSA) is 64.7 Å². The van der Waals surface area contributed by atoms with E-state index in [4.69, 9.17) is 0 Å². The molecule has 0 aliphatic carbocycles. The number of rotatable bonds is 4. The lowest BCUT2D eigenvalue weighted by Gasteiger charge is -2.34. The molecule has 2 N–H and O–H groups in total. The predicted octanol–water partition coefficient (Wildman–Crippen LogP) is 1.01. The summed E-state index contributed by atoms with van der Waals surface area (Å²) in [5, 5.41) is 5.32. The number of hydrogen-bond acceptors (Lipinski definition) is 4. The first-order chi connectivity index (χ1) is 11.7. The first-order valence-corrected chi connectivity index (χ1v) is 8.87. The Kier molecular flexibility index (Phi) is 6.42. The number of anilines is 1. The average Bonchev–Trinajstić information content (AvgIpc) is 2.54. The third kappa shape index (κ3) is 6.38. The molecule has 25 heavy (non-hydrogen) atoms. The van der Waals surface area contributed by atoms with Crippen molar-refractivity contribution in [2.24, 2.45) is 0 Å². The van der Waals surface area contributed by atoms with E-state index in [1.54, 1.807) is 0 Å². The summed E-state index contributed by atoms with van der Waals surface area (Å²) in [4.78, 5) is 28.2. The molecule has 2 rings (SSSR count). The number of piperazine rings is 1. The highest BCUT2D eigenvalue weighted by Crippen LogP contribution is 2.17. The summed E-state index contributed by atoms with van der Waals surface area (Å²) in [5.74, 6) is -1.16. The van der Waals surface area contributed by atoms with Gasteiger partial charge in [0, 0.05) is 44.0 Å². The second kappa shape index (κ2) is 8.34. The molecule has 1 aliphatic rings. The molecule has 1 fully saturated rings. The van der Waals surface area contributed by atoms with Crippen LogP contribution >= 0.6 is 0 Å². The fraction of sp³-hybridized carbons (Fsp3) is 0.579. The number of hydrogen-bond donors (Lipinski definition) is 2. The molecule has 2 amide bonds. The molecule has 0 unspecified atom stereocenters. The molecule has 0 aromatic heterocycles. The Labute approximate surface area is 150 Å². The number of amides is 2. The summed E-state index contributed by atoms with van der Waals surface area (Å²) < 4.78 is 0. The van der Waals surface area contributed by atoms with E-state index in [1.807, 2.05) is 20.8 Å². The normalized spacial score (nSPS) is 15.8. The predicted molar refractivity (Wildman–Crippen MR) is 101 cm³/mol. The minimum atomic E-state index is -0.585. The summed E-state index contributed by atoms with van der Waals surface area (Å²) in [5.41, 5.74) is 1.98. The van der Waals surface area contributed by atoms with Crippen LogP contribution in [-0.4, -0.2) is 62.0 Å². The molecule has 0 radical (unpaired) electrons. The zero-order valence-corrected chi connectivity index (χ0v) is 15.8. The Morgan fingerprint density at radius 3 is 2.16 bits per heavy atom. The van der Waals surface area contributed by atoms with Crippen molar-refractivity contribution in [2.45, 2.75) is 32.7 Å². The third-order valence-electron chi connectivity index (χ3n) is 4.20. The molecule has 0 bridgehead atoms. The number of nitrogens with one attached hydrogen (secondary N) is 2. The molecule has 6 nitrogen and oxygen atoms in total. The van der Waals surface area contributed by atoms with Gasteiger partial charge in [-0.2, -0.15) is 0 Å². The van der Waals surface area contributed by atoms with Crippen LogP contribution in [0.2, 0.25) is 0 Å². The minimum Gasteiger partial charge on any atom is -0.369 e. The Hall–Kier alpha value is -2.08. The summed E-state index contributed by atoms with van der Waals surface area (Å²) in [6.45, 7) is 10.3. The fourth-order valence-corrected chi connectivity index (χ4v) is 2.74. The van der Waals surface area contributed by atoms with Gasteiger partial charge in [0.15, 0.2) is 0 Å². The van der Waals surface area contributed by atoms with E-state index in [0.29, 0.717) is 13.0 Å². The number of benzene rings is 1. The van der Waals surface area contributed by atoms with Gasteiger partial charge in [0.05, 0.1) is 0 Å². The minimum absolute atomic E-state index is 0.409. The highest BCUT2D eigenvalue weighted by molar-refractivity contribution is 6.35. The van der Waals surface area contributed by atoms with E-state index in [0.717, 1.165) is 31.7 Å². The van der Waals surface area contributed by atoms with E-state index in [-0.39, 0.29) is 0 Å². The third-order valence-corrected chi connectivity index (χ3v) is 4.20. The summed E-state index contributed by atoms with van der Waals surface area (Å²) in [7, 11) is 2.15. The van der Waals surface area contributed by atoms with Crippen LogP contribution in [-0.2, 0) is 16.0 Å². The number of carbonyl (C=O) groups excluding carboxylic acids is 2. The smallest absolute Gasteiger partial charge is 0.309 e. The van der Waals surface area contributed by atoms with Crippen LogP contribution in [0.25, 0.3) is 0 Å². The monoisotopic (exact) mass is 346 g/mol. The molecule has 138 valence electrons. The Morgan fingerprint density at radius 2 is 1.60 bits per heavy atom. The van der Waals surface area contributed by atoms with E-state index in [9.17, 15) is 9.59 Å². The van der Waals surface area contributed by atoms with Crippen molar-refractivity contribution in [3.05, 3.63) is 29.8 Å². The van der Waals surface area contributed by atoms with E-state index >= 15 is 0 Å². The van der Waals surface area contributed by atoms with Crippen LogP contribution in [0.5, 0.6) is 0 Å². The van der Waals surface area contributed by atoms with E-state index < -0.39 is 17.4 Å². The zero-order chi connectivity index (χ0) is 18.4. The van der Waals surface area contributed by atoms with Gasteiger partial charge in [0.2, 0.25) is 0 Å². The lowest BCUT2D eigenvalue weighted by molar-refractivity contribution is -0.140. The van der Waals surface area contributed by atoms with Gasteiger partial charge < -0.3 is 20.4 Å². The van der Waals surface area contributed by atoms with Gasteiger partial charge >= 0.3 is 11.8 Å². The standard InChI is InChI=1S/C19H30N4O2/c1-19(2,3)21-18(25)17(24)20-10-9-15-5-7-16(8-6-15)23-13-11-22(4)12-14-23/h5-8H,9-14H2,1-4H3,(H,20,24)(H,21,25). The van der Waals surface area contributed by atoms with Crippen molar-refractivity contribution in [2.75, 3.05) is 44.7 Å². The maximum Gasteiger partial charge on any atom is 0.309 e. The van der Waals surface area contributed by atoms with Gasteiger partial charge in [0.1, 0.15) is 0 Å². The maximum atomic E-state index is 11.8. The van der Waals surface area contributed by atoms with Gasteiger partial charge in [-0.3, -0.25) is 9.59 Å². The lowest BCUT2D eigenvalue weighted by atomic mass is 10.1. The second-order valence-electron chi connectivity index (χ2n) is 7.67. The molecular formula is C19H30N4O2. The van der Waals surface area contributed by atoms with Crippen LogP contribution in [0.4, 0.5) is 5.69 Å². The fourth-order valence-electron chi connectivity index (χ4n) is 2.74. The first-order valence-electron chi connectivity index (χ1n) is 8.87. The van der Waals surface area contributed by atoms with Crippen molar-refractivity contribution in [3.63, 3.8) is 0 Å². The van der Waals surface area contributed by atoms with Crippen molar-refractivity contribution in [1.82, 2.24) is 15.5 Å². The van der Waals surface area contributed by atoms with Gasteiger partial charge in [0.25, 0.3) is 0 Å². The molecule has 1 aliphatic heterocycles. The molecule has 0 atom stereocenters. The van der Waals surface area contributed by atoms with Gasteiger partial charge in [-0.05, 0) is 51.9 Å². The highest BCUT2D eigenvalue weighted by atomic mass is 16.2. The molecular weight excluding hydrogens is 316 g/mol. The molecule has 0 spiro atoms. The Morgan fingerprint density at radius 1 is 1.00 bits per heavy atom. The van der Waals surface area contributed by atoms with Crippen molar-refractivity contribution < 1.29 is 9.59 Å². The van der Waals surface area contributed by atoms with Gasteiger partial charge in [-0.15, -0.1) is 0 Å². The van der Waals surface area contributed by atoms with Crippen molar-refractivity contribution in [3.8, 4) is 0 Å². The maximum absolute atomic E-state index is 11.8. The molecule has 1 saturated heterocycles. The summed E-state index contributed by atoms with van der Waals surface area (Å²) >= 11 is 0. The van der Waals surface area contributed by atoms with E-state index in [2.05, 4.69) is 51.7 Å². The Bertz CT molecular complexity index is 584. The SMILES string of the molecule is CN1CCN(c2ccc(CCNC(=O)C(=O)NC(C)(C)C)cc2)CC1. The summed E-state index contributed by atoms with van der Waals surface area (Å²) in [6.07, 6.45) is 0.706. The van der Waals surface area contributed by atoms with Crippen LogP contribution in [0.1, 0.15) is 26.3 Å². The molecule has 6 heteroatoms. The van der Waals surface area contributed by atoms with Crippen LogP contribution in [0.15, 0.2) is 24.3 Å². The van der Waals surface area contributed by atoms with Crippen LogP contribution in [0.3, 0.4) is 0 Å². The number of carbonyl (C=O) groups is 2. The van der Waals surface area contributed by atoms with Crippen LogP contribution < -0.4 is 15.5 Å².